The number of aliphatic hydroxyl groups is 1. The molecule has 0 atom stereocenters. The average Bonchev–Trinajstić information content (AvgIpc) is 2.26. The molecule has 0 saturated heterocycles. The molecule has 0 aliphatic heterocycles. The van der Waals surface area contributed by atoms with Gasteiger partial charge in [0.1, 0.15) is 5.75 Å². The van der Waals surface area contributed by atoms with Crippen LogP contribution in [0.15, 0.2) is 12.1 Å². The Morgan fingerprint density at radius 3 is 2.33 bits per heavy atom. The molecule has 0 bridgehead atoms. The van der Waals surface area contributed by atoms with Crippen molar-refractivity contribution in [2.45, 2.75) is 20.5 Å². The maximum Gasteiger partial charge on any atom is 0.318 e. The topological polar surface area (TPSA) is 102 Å². The van der Waals surface area contributed by atoms with Gasteiger partial charge in [-0.05, 0) is 30.5 Å². The van der Waals surface area contributed by atoms with Gasteiger partial charge in [0, 0.05) is 0 Å². The highest BCUT2D eigenvalue weighted by molar-refractivity contribution is 5.94. The largest absolute Gasteiger partial charge is 0.483 e. The predicted molar refractivity (Wildman–Crippen MR) is 65.1 cm³/mol. The van der Waals surface area contributed by atoms with Gasteiger partial charge in [0.2, 0.25) is 0 Å². The van der Waals surface area contributed by atoms with Crippen molar-refractivity contribution in [3.05, 3.63) is 28.8 Å². The number of ether oxygens (including phenoxy) is 1. The lowest BCUT2D eigenvalue weighted by Gasteiger charge is -2.12. The molecular formula is C12H16N2O4. The lowest BCUT2D eigenvalue weighted by molar-refractivity contribution is -0.121. The van der Waals surface area contributed by atoms with E-state index in [-0.39, 0.29) is 13.2 Å². The number of rotatable bonds is 4. The number of nitrogens with two attached hydrogens (primary N) is 1. The van der Waals surface area contributed by atoms with Gasteiger partial charge in [0.25, 0.3) is 5.91 Å². The Morgan fingerprint density at radius 1 is 1.33 bits per heavy atom. The quantitative estimate of drug-likeness (QED) is 0.720. The predicted octanol–water partition coefficient (Wildman–Crippen LogP) is 0.369. The first-order valence-corrected chi connectivity index (χ1v) is 5.37. The second-order valence-corrected chi connectivity index (χ2v) is 3.92. The van der Waals surface area contributed by atoms with Crippen molar-refractivity contribution in [3.63, 3.8) is 0 Å². The molecule has 1 rings (SSSR count). The molecule has 0 radical (unpaired) electrons. The van der Waals surface area contributed by atoms with E-state index in [2.05, 4.69) is 0 Å². The summed E-state index contributed by atoms with van der Waals surface area (Å²) in [5.74, 6) is -0.0423. The van der Waals surface area contributed by atoms with Gasteiger partial charge < -0.3 is 15.6 Å². The van der Waals surface area contributed by atoms with Crippen LogP contribution in [0.5, 0.6) is 5.75 Å². The first-order chi connectivity index (χ1) is 8.43. The summed E-state index contributed by atoms with van der Waals surface area (Å²) in [5, 5.41) is 10.9. The van der Waals surface area contributed by atoms with Crippen molar-refractivity contribution in [3.8, 4) is 5.75 Å². The number of hydrogen-bond acceptors (Lipinski definition) is 4. The van der Waals surface area contributed by atoms with Crippen LogP contribution in [0.3, 0.4) is 0 Å². The number of hydrogen-bond donors (Lipinski definition) is 3. The lowest BCUT2D eigenvalue weighted by atomic mass is 10.1. The molecule has 0 fully saturated rings. The summed E-state index contributed by atoms with van der Waals surface area (Å²) in [4.78, 5) is 21.6. The first-order valence-electron chi connectivity index (χ1n) is 5.37. The van der Waals surface area contributed by atoms with Gasteiger partial charge in [-0.15, -0.1) is 0 Å². The van der Waals surface area contributed by atoms with E-state index in [0.29, 0.717) is 5.75 Å². The number of imide groups is 1. The zero-order valence-corrected chi connectivity index (χ0v) is 10.3. The molecule has 0 unspecified atom stereocenters. The number of nitrogens with one attached hydrogen (secondary N) is 1. The van der Waals surface area contributed by atoms with Crippen molar-refractivity contribution in [2.24, 2.45) is 5.73 Å². The Labute approximate surface area is 105 Å². The van der Waals surface area contributed by atoms with Gasteiger partial charge in [0.05, 0.1) is 6.61 Å². The maximum atomic E-state index is 11.2. The summed E-state index contributed by atoms with van der Waals surface area (Å²) in [5.41, 5.74) is 7.20. The molecule has 0 heterocycles. The van der Waals surface area contributed by atoms with E-state index in [1.807, 2.05) is 19.2 Å². The third-order valence-corrected chi connectivity index (χ3v) is 2.31. The van der Waals surface area contributed by atoms with Crippen LogP contribution in [-0.4, -0.2) is 23.7 Å². The van der Waals surface area contributed by atoms with E-state index in [4.69, 9.17) is 15.6 Å². The Kier molecular flexibility index (Phi) is 4.67. The van der Waals surface area contributed by atoms with E-state index in [1.54, 1.807) is 12.1 Å². The van der Waals surface area contributed by atoms with Gasteiger partial charge in [0.15, 0.2) is 6.61 Å². The Morgan fingerprint density at radius 2 is 1.89 bits per heavy atom. The number of amides is 3. The monoisotopic (exact) mass is 252 g/mol. The minimum absolute atomic E-state index is 0.0515. The van der Waals surface area contributed by atoms with Crippen molar-refractivity contribution < 1.29 is 19.4 Å². The smallest absolute Gasteiger partial charge is 0.318 e. The number of aliphatic hydroxyl groups excluding tert-OH is 1. The molecular weight excluding hydrogens is 236 g/mol. The number of benzene rings is 1. The summed E-state index contributed by atoms with van der Waals surface area (Å²) in [6.45, 7) is 3.29. The molecule has 0 aromatic heterocycles. The number of primary amides is 1. The highest BCUT2D eigenvalue weighted by Gasteiger charge is 2.10. The SMILES string of the molecule is Cc1cc(CO)cc(C)c1OCC(=O)NC(N)=O. The fraction of sp³-hybridized carbons (Fsp3) is 0.333. The van der Waals surface area contributed by atoms with Crippen molar-refractivity contribution >= 4 is 11.9 Å². The number of urea groups is 1. The van der Waals surface area contributed by atoms with Crippen molar-refractivity contribution in [2.75, 3.05) is 6.61 Å². The van der Waals surface area contributed by atoms with Crippen molar-refractivity contribution in [1.29, 1.82) is 0 Å². The standard InChI is InChI=1S/C12H16N2O4/c1-7-3-9(5-15)4-8(2)11(7)18-6-10(16)14-12(13)17/h3-4,15H,5-6H2,1-2H3,(H3,13,14,16,17). The molecule has 3 amide bonds. The zero-order chi connectivity index (χ0) is 13.7. The molecule has 1 aromatic carbocycles. The summed E-state index contributed by atoms with van der Waals surface area (Å²) >= 11 is 0. The van der Waals surface area contributed by atoms with E-state index in [9.17, 15) is 9.59 Å². The minimum atomic E-state index is -0.910. The molecule has 0 aliphatic rings. The van der Waals surface area contributed by atoms with Crippen LogP contribution in [0.1, 0.15) is 16.7 Å². The second kappa shape index (κ2) is 6.02. The molecule has 6 heteroatoms. The van der Waals surface area contributed by atoms with Crippen LogP contribution in [0.4, 0.5) is 4.79 Å². The molecule has 1 aromatic rings. The van der Waals surface area contributed by atoms with Crippen molar-refractivity contribution in [1.82, 2.24) is 5.32 Å². The van der Waals surface area contributed by atoms with Crippen LogP contribution >= 0.6 is 0 Å². The van der Waals surface area contributed by atoms with E-state index >= 15 is 0 Å². The van der Waals surface area contributed by atoms with Gasteiger partial charge in [-0.2, -0.15) is 0 Å². The molecule has 0 aliphatic carbocycles. The van der Waals surface area contributed by atoms with Gasteiger partial charge >= 0.3 is 6.03 Å². The summed E-state index contributed by atoms with van der Waals surface area (Å²) in [6, 6.07) is 2.63. The fourth-order valence-corrected chi connectivity index (χ4v) is 1.67. The van der Waals surface area contributed by atoms with Crippen LogP contribution in [0.2, 0.25) is 0 Å². The summed E-state index contributed by atoms with van der Waals surface area (Å²) in [7, 11) is 0. The zero-order valence-electron chi connectivity index (χ0n) is 10.3. The molecule has 6 nitrogen and oxygen atoms in total. The third kappa shape index (κ3) is 3.74. The van der Waals surface area contributed by atoms with Crippen LogP contribution in [0, 0.1) is 13.8 Å². The minimum Gasteiger partial charge on any atom is -0.483 e. The van der Waals surface area contributed by atoms with E-state index < -0.39 is 11.9 Å². The Balaban J connectivity index is 2.73. The normalized spacial score (nSPS) is 9.94. The average molecular weight is 252 g/mol. The molecule has 18 heavy (non-hydrogen) atoms. The van der Waals surface area contributed by atoms with Gasteiger partial charge in [-0.3, -0.25) is 10.1 Å². The highest BCUT2D eigenvalue weighted by atomic mass is 16.5. The van der Waals surface area contributed by atoms with E-state index in [1.165, 1.54) is 0 Å². The number of carbonyl (C=O) groups excluding carboxylic acids is 2. The Bertz CT molecular complexity index is 448. The lowest BCUT2D eigenvalue weighted by Crippen LogP contribution is -2.38. The number of carbonyl (C=O) groups is 2. The molecule has 98 valence electrons. The first kappa shape index (κ1) is 14.0. The maximum absolute atomic E-state index is 11.2. The summed E-state index contributed by atoms with van der Waals surface area (Å²) in [6.07, 6.45) is 0. The second-order valence-electron chi connectivity index (χ2n) is 3.92. The molecule has 0 spiro atoms. The molecule has 4 N–H and O–H groups in total. The molecule has 0 saturated carbocycles. The van der Waals surface area contributed by atoms with Gasteiger partial charge in [-0.1, -0.05) is 12.1 Å². The van der Waals surface area contributed by atoms with Crippen LogP contribution in [-0.2, 0) is 11.4 Å². The summed E-state index contributed by atoms with van der Waals surface area (Å²) < 4.78 is 5.33. The fourth-order valence-electron chi connectivity index (χ4n) is 1.67. The van der Waals surface area contributed by atoms with E-state index in [0.717, 1.165) is 16.7 Å². The highest BCUT2D eigenvalue weighted by Crippen LogP contribution is 2.24. The van der Waals surface area contributed by atoms with Crippen LogP contribution in [0.25, 0.3) is 0 Å². The third-order valence-electron chi connectivity index (χ3n) is 2.31. The number of aryl methyl sites for hydroxylation is 2. The van der Waals surface area contributed by atoms with Crippen LogP contribution < -0.4 is 15.8 Å². The van der Waals surface area contributed by atoms with Gasteiger partial charge in [-0.25, -0.2) is 4.79 Å². The Hall–Kier alpha value is -2.08.